The highest BCUT2D eigenvalue weighted by atomic mass is 15.0. The van der Waals surface area contributed by atoms with Crippen molar-refractivity contribution in [2.75, 3.05) is 0 Å². The van der Waals surface area contributed by atoms with Crippen molar-refractivity contribution in [2.24, 2.45) is 0 Å². The van der Waals surface area contributed by atoms with Gasteiger partial charge < -0.3 is 4.40 Å². The zero-order valence-corrected chi connectivity index (χ0v) is 13.2. The number of fused-ring (bicyclic) bond motifs is 1. The molecular weight excluding hydrogens is 282 g/mol. The molecule has 2 heterocycles. The van der Waals surface area contributed by atoms with Crippen LogP contribution in [0.4, 0.5) is 0 Å². The molecule has 0 amide bonds. The first-order chi connectivity index (χ1) is 11.2. The van der Waals surface area contributed by atoms with Gasteiger partial charge in [-0.25, -0.2) is 9.97 Å². The van der Waals surface area contributed by atoms with Gasteiger partial charge in [-0.2, -0.15) is 0 Å². The van der Waals surface area contributed by atoms with E-state index in [1.54, 1.807) is 0 Å². The molecular formula is C20H17N3. The Balaban J connectivity index is 1.94. The van der Waals surface area contributed by atoms with Crippen LogP contribution in [0.15, 0.2) is 67.1 Å². The maximum atomic E-state index is 4.89. The molecule has 2 aromatic heterocycles. The van der Waals surface area contributed by atoms with E-state index in [-0.39, 0.29) is 0 Å². The van der Waals surface area contributed by atoms with Crippen molar-refractivity contribution >= 4 is 5.65 Å². The molecule has 0 aliphatic carbocycles. The van der Waals surface area contributed by atoms with Gasteiger partial charge in [0, 0.05) is 29.7 Å². The molecule has 0 fully saturated rings. The van der Waals surface area contributed by atoms with E-state index in [0.717, 1.165) is 28.2 Å². The number of nitrogens with zero attached hydrogens (tertiary/aromatic N) is 3. The number of aryl methyl sites for hydroxylation is 2. The summed E-state index contributed by atoms with van der Waals surface area (Å²) in [5.74, 6) is 0. The van der Waals surface area contributed by atoms with E-state index in [9.17, 15) is 0 Å². The van der Waals surface area contributed by atoms with Crippen LogP contribution in [0, 0.1) is 13.8 Å². The van der Waals surface area contributed by atoms with Crippen molar-refractivity contribution in [3.63, 3.8) is 0 Å². The SMILES string of the molecule is Cc1ccc(-c2cn3ccnc3c(-c3ccc(C)cc3)n2)cc1. The minimum Gasteiger partial charge on any atom is -0.303 e. The summed E-state index contributed by atoms with van der Waals surface area (Å²) in [6, 6.07) is 16.9. The molecule has 0 atom stereocenters. The van der Waals surface area contributed by atoms with Gasteiger partial charge in [0.2, 0.25) is 0 Å². The minimum absolute atomic E-state index is 0.879. The Morgan fingerprint density at radius 2 is 1.39 bits per heavy atom. The Hall–Kier alpha value is -2.94. The maximum Gasteiger partial charge on any atom is 0.163 e. The second kappa shape index (κ2) is 5.36. The number of benzene rings is 2. The highest BCUT2D eigenvalue weighted by molar-refractivity contribution is 5.76. The fraction of sp³-hybridized carbons (Fsp3) is 0.100. The van der Waals surface area contributed by atoms with Gasteiger partial charge in [0.15, 0.2) is 5.65 Å². The van der Waals surface area contributed by atoms with E-state index < -0.39 is 0 Å². The topological polar surface area (TPSA) is 30.2 Å². The van der Waals surface area contributed by atoms with Gasteiger partial charge in [0.25, 0.3) is 0 Å². The summed E-state index contributed by atoms with van der Waals surface area (Å²) < 4.78 is 2.04. The Morgan fingerprint density at radius 1 is 0.783 bits per heavy atom. The van der Waals surface area contributed by atoms with Gasteiger partial charge in [0.1, 0.15) is 5.69 Å². The van der Waals surface area contributed by atoms with Gasteiger partial charge in [-0.3, -0.25) is 0 Å². The predicted molar refractivity (Wildman–Crippen MR) is 93.3 cm³/mol. The average Bonchev–Trinajstić information content (AvgIpc) is 3.04. The molecule has 112 valence electrons. The van der Waals surface area contributed by atoms with Crippen LogP contribution in [0.3, 0.4) is 0 Å². The smallest absolute Gasteiger partial charge is 0.163 e. The lowest BCUT2D eigenvalue weighted by molar-refractivity contribution is 1.13. The van der Waals surface area contributed by atoms with Crippen LogP contribution in [0.25, 0.3) is 28.2 Å². The lowest BCUT2D eigenvalue weighted by atomic mass is 10.1. The Kier molecular flexibility index (Phi) is 3.19. The van der Waals surface area contributed by atoms with Crippen molar-refractivity contribution in [1.82, 2.24) is 14.4 Å². The molecule has 0 aliphatic rings. The molecule has 0 saturated heterocycles. The molecule has 0 aliphatic heterocycles. The molecule has 0 saturated carbocycles. The molecule has 4 rings (SSSR count). The molecule has 0 radical (unpaired) electrons. The van der Waals surface area contributed by atoms with Crippen LogP contribution in [-0.2, 0) is 0 Å². The summed E-state index contributed by atoms with van der Waals surface area (Å²) >= 11 is 0. The largest absolute Gasteiger partial charge is 0.303 e. The number of rotatable bonds is 2. The van der Waals surface area contributed by atoms with Gasteiger partial charge >= 0.3 is 0 Å². The first-order valence-corrected chi connectivity index (χ1v) is 7.68. The number of hydrogen-bond donors (Lipinski definition) is 0. The highest BCUT2D eigenvalue weighted by Crippen LogP contribution is 2.26. The first-order valence-electron chi connectivity index (χ1n) is 7.68. The van der Waals surface area contributed by atoms with Crippen LogP contribution < -0.4 is 0 Å². The van der Waals surface area contributed by atoms with Gasteiger partial charge in [-0.1, -0.05) is 59.7 Å². The fourth-order valence-electron chi connectivity index (χ4n) is 2.70. The summed E-state index contributed by atoms with van der Waals surface area (Å²) in [5, 5.41) is 0. The van der Waals surface area contributed by atoms with Crippen molar-refractivity contribution in [3.05, 3.63) is 78.2 Å². The molecule has 23 heavy (non-hydrogen) atoms. The zero-order chi connectivity index (χ0) is 15.8. The monoisotopic (exact) mass is 299 g/mol. The summed E-state index contributed by atoms with van der Waals surface area (Å²) in [6.45, 7) is 4.18. The molecule has 2 aromatic carbocycles. The Labute approximate surface area is 135 Å². The number of hydrogen-bond acceptors (Lipinski definition) is 2. The molecule has 3 nitrogen and oxygen atoms in total. The average molecular weight is 299 g/mol. The standard InChI is InChI=1S/C20H17N3/c1-14-3-7-16(8-4-14)18-13-23-12-11-21-20(23)19(22-18)17-9-5-15(2)6-10-17/h3-13H,1-2H3. The summed E-state index contributed by atoms with van der Waals surface area (Å²) in [5.41, 5.74) is 7.42. The third-order valence-corrected chi connectivity index (χ3v) is 4.05. The van der Waals surface area contributed by atoms with Crippen LogP contribution in [0.5, 0.6) is 0 Å². The second-order valence-corrected chi connectivity index (χ2v) is 5.86. The highest BCUT2D eigenvalue weighted by Gasteiger charge is 2.11. The van der Waals surface area contributed by atoms with Crippen LogP contribution in [0.1, 0.15) is 11.1 Å². The number of aromatic nitrogens is 3. The van der Waals surface area contributed by atoms with Gasteiger partial charge in [0.05, 0.1) is 5.69 Å². The first kappa shape index (κ1) is 13.7. The summed E-state index contributed by atoms with van der Waals surface area (Å²) in [7, 11) is 0. The summed E-state index contributed by atoms with van der Waals surface area (Å²) in [4.78, 5) is 9.36. The minimum atomic E-state index is 0.879. The molecule has 0 spiro atoms. The molecule has 0 unspecified atom stereocenters. The van der Waals surface area contributed by atoms with E-state index in [2.05, 4.69) is 67.4 Å². The van der Waals surface area contributed by atoms with E-state index in [1.807, 2.05) is 23.0 Å². The van der Waals surface area contributed by atoms with Crippen molar-refractivity contribution < 1.29 is 0 Å². The Morgan fingerprint density at radius 3 is 2.04 bits per heavy atom. The fourth-order valence-corrected chi connectivity index (χ4v) is 2.70. The van der Waals surface area contributed by atoms with E-state index >= 15 is 0 Å². The van der Waals surface area contributed by atoms with Crippen LogP contribution in [-0.4, -0.2) is 14.4 Å². The maximum absolute atomic E-state index is 4.89. The van der Waals surface area contributed by atoms with Crippen molar-refractivity contribution in [2.45, 2.75) is 13.8 Å². The van der Waals surface area contributed by atoms with E-state index in [1.165, 1.54) is 11.1 Å². The lowest BCUT2D eigenvalue weighted by Gasteiger charge is -2.08. The normalized spacial score (nSPS) is 11.0. The lowest BCUT2D eigenvalue weighted by Crippen LogP contribution is -1.96. The zero-order valence-electron chi connectivity index (χ0n) is 13.2. The Bertz CT molecular complexity index is 964. The molecule has 0 N–H and O–H groups in total. The van der Waals surface area contributed by atoms with Gasteiger partial charge in [-0.05, 0) is 13.8 Å². The number of imidazole rings is 1. The van der Waals surface area contributed by atoms with E-state index in [0.29, 0.717) is 0 Å². The van der Waals surface area contributed by atoms with Crippen molar-refractivity contribution in [3.8, 4) is 22.5 Å². The van der Waals surface area contributed by atoms with Crippen molar-refractivity contribution in [1.29, 1.82) is 0 Å². The molecule has 0 bridgehead atoms. The van der Waals surface area contributed by atoms with Crippen LogP contribution >= 0.6 is 0 Å². The van der Waals surface area contributed by atoms with Crippen LogP contribution in [0.2, 0.25) is 0 Å². The third kappa shape index (κ3) is 2.50. The molecule has 3 heteroatoms. The van der Waals surface area contributed by atoms with Gasteiger partial charge in [-0.15, -0.1) is 0 Å². The summed E-state index contributed by atoms with van der Waals surface area (Å²) in [6.07, 6.45) is 5.81. The molecule has 4 aromatic rings. The predicted octanol–water partition coefficient (Wildman–Crippen LogP) is 4.68. The van der Waals surface area contributed by atoms with E-state index in [4.69, 9.17) is 4.98 Å². The second-order valence-electron chi connectivity index (χ2n) is 5.86. The quantitative estimate of drug-likeness (QED) is 0.538. The third-order valence-electron chi connectivity index (χ3n) is 4.05.